The van der Waals surface area contributed by atoms with Crippen LogP contribution < -0.4 is 5.32 Å². The standard InChI is InChI=1S/C15H32N2/c1-4-7-9-14(6-3)13-17-11-10-16-12-15(17)8-5-2/h14-16H,4-13H2,1-3H3. The zero-order chi connectivity index (χ0) is 12.5. The van der Waals surface area contributed by atoms with Crippen molar-refractivity contribution in [1.82, 2.24) is 10.2 Å². The summed E-state index contributed by atoms with van der Waals surface area (Å²) in [6.45, 7) is 12.0. The second kappa shape index (κ2) is 8.93. The van der Waals surface area contributed by atoms with Crippen LogP contribution >= 0.6 is 0 Å². The number of nitrogens with zero attached hydrogens (tertiary/aromatic N) is 1. The minimum atomic E-state index is 0.796. The van der Waals surface area contributed by atoms with Gasteiger partial charge < -0.3 is 5.32 Å². The number of piperazine rings is 1. The van der Waals surface area contributed by atoms with E-state index in [2.05, 4.69) is 31.0 Å². The molecule has 1 N–H and O–H groups in total. The fourth-order valence-electron chi connectivity index (χ4n) is 2.91. The van der Waals surface area contributed by atoms with Crippen molar-refractivity contribution >= 4 is 0 Å². The van der Waals surface area contributed by atoms with Crippen LogP contribution in [0.4, 0.5) is 0 Å². The Hall–Kier alpha value is -0.0800. The molecule has 17 heavy (non-hydrogen) atoms. The van der Waals surface area contributed by atoms with E-state index in [1.807, 2.05) is 0 Å². The van der Waals surface area contributed by atoms with Gasteiger partial charge >= 0.3 is 0 Å². The lowest BCUT2D eigenvalue weighted by molar-refractivity contribution is 0.124. The minimum absolute atomic E-state index is 0.796. The van der Waals surface area contributed by atoms with Crippen molar-refractivity contribution in [2.24, 2.45) is 5.92 Å². The van der Waals surface area contributed by atoms with Crippen LogP contribution in [-0.2, 0) is 0 Å². The second-order valence-corrected chi connectivity index (χ2v) is 5.56. The van der Waals surface area contributed by atoms with E-state index in [0.717, 1.165) is 12.0 Å². The maximum Gasteiger partial charge on any atom is 0.0221 e. The van der Waals surface area contributed by atoms with Crippen molar-refractivity contribution in [2.45, 2.75) is 65.3 Å². The van der Waals surface area contributed by atoms with Crippen molar-refractivity contribution in [3.8, 4) is 0 Å². The summed E-state index contributed by atoms with van der Waals surface area (Å²) < 4.78 is 0. The molecular formula is C15H32N2. The van der Waals surface area contributed by atoms with Crippen molar-refractivity contribution in [1.29, 1.82) is 0 Å². The molecule has 0 spiro atoms. The van der Waals surface area contributed by atoms with Crippen LogP contribution in [0.15, 0.2) is 0 Å². The van der Waals surface area contributed by atoms with E-state index >= 15 is 0 Å². The first-order chi connectivity index (χ1) is 8.31. The molecule has 0 aliphatic carbocycles. The van der Waals surface area contributed by atoms with Crippen molar-refractivity contribution in [3.63, 3.8) is 0 Å². The van der Waals surface area contributed by atoms with Gasteiger partial charge in [0.2, 0.25) is 0 Å². The van der Waals surface area contributed by atoms with E-state index in [4.69, 9.17) is 0 Å². The molecule has 0 aromatic heterocycles. The predicted octanol–water partition coefficient (Wildman–Crippen LogP) is 3.28. The number of hydrogen-bond acceptors (Lipinski definition) is 2. The summed E-state index contributed by atoms with van der Waals surface area (Å²) in [5.74, 6) is 0.924. The summed E-state index contributed by atoms with van der Waals surface area (Å²) in [6, 6.07) is 0.796. The lowest BCUT2D eigenvalue weighted by Gasteiger charge is -2.38. The van der Waals surface area contributed by atoms with Gasteiger partial charge in [-0.1, -0.05) is 46.5 Å². The molecular weight excluding hydrogens is 208 g/mol. The number of nitrogens with one attached hydrogen (secondary N) is 1. The van der Waals surface area contributed by atoms with Gasteiger partial charge in [-0.25, -0.2) is 0 Å². The molecule has 1 aliphatic heterocycles. The first kappa shape index (κ1) is 15.0. The van der Waals surface area contributed by atoms with Crippen molar-refractivity contribution in [3.05, 3.63) is 0 Å². The second-order valence-electron chi connectivity index (χ2n) is 5.56. The minimum Gasteiger partial charge on any atom is -0.314 e. The Labute approximate surface area is 108 Å². The molecule has 2 heteroatoms. The highest BCUT2D eigenvalue weighted by molar-refractivity contribution is 4.81. The summed E-state index contributed by atoms with van der Waals surface area (Å²) in [7, 11) is 0. The quantitative estimate of drug-likeness (QED) is 0.700. The number of rotatable bonds is 8. The number of hydrogen-bond donors (Lipinski definition) is 1. The van der Waals surface area contributed by atoms with E-state index in [0.29, 0.717) is 0 Å². The summed E-state index contributed by atoms with van der Waals surface area (Å²) in [6.07, 6.45) is 8.20. The zero-order valence-corrected chi connectivity index (χ0v) is 12.2. The molecule has 1 rings (SSSR count). The smallest absolute Gasteiger partial charge is 0.0221 e. The van der Waals surface area contributed by atoms with Crippen LogP contribution in [-0.4, -0.2) is 37.1 Å². The van der Waals surface area contributed by atoms with E-state index in [1.54, 1.807) is 0 Å². The van der Waals surface area contributed by atoms with Gasteiger partial charge in [0.25, 0.3) is 0 Å². The SMILES string of the molecule is CCCCC(CC)CN1CCNCC1CCC. The Balaban J connectivity index is 2.38. The summed E-state index contributed by atoms with van der Waals surface area (Å²) in [5, 5.41) is 3.54. The van der Waals surface area contributed by atoms with Gasteiger partial charge in [0.1, 0.15) is 0 Å². The molecule has 0 aromatic rings. The molecule has 2 atom stereocenters. The average molecular weight is 240 g/mol. The summed E-state index contributed by atoms with van der Waals surface area (Å²) in [5.41, 5.74) is 0. The highest BCUT2D eigenvalue weighted by Crippen LogP contribution is 2.18. The van der Waals surface area contributed by atoms with Crippen LogP contribution in [0.25, 0.3) is 0 Å². The average Bonchev–Trinajstić information content (AvgIpc) is 2.36. The fraction of sp³-hybridized carbons (Fsp3) is 1.00. The molecule has 102 valence electrons. The topological polar surface area (TPSA) is 15.3 Å². The van der Waals surface area contributed by atoms with E-state index in [1.165, 1.54) is 64.7 Å². The molecule has 2 nitrogen and oxygen atoms in total. The van der Waals surface area contributed by atoms with Gasteiger partial charge in [0.15, 0.2) is 0 Å². The van der Waals surface area contributed by atoms with Gasteiger partial charge in [-0.15, -0.1) is 0 Å². The van der Waals surface area contributed by atoms with Crippen molar-refractivity contribution < 1.29 is 0 Å². The lowest BCUT2D eigenvalue weighted by atomic mass is 9.97. The van der Waals surface area contributed by atoms with Gasteiger partial charge in [-0.05, 0) is 18.8 Å². The third-order valence-corrected chi connectivity index (χ3v) is 4.13. The molecule has 0 amide bonds. The van der Waals surface area contributed by atoms with Gasteiger partial charge in [-0.2, -0.15) is 0 Å². The highest BCUT2D eigenvalue weighted by Gasteiger charge is 2.23. The third kappa shape index (κ3) is 5.39. The molecule has 1 saturated heterocycles. The first-order valence-corrected chi connectivity index (χ1v) is 7.76. The highest BCUT2D eigenvalue weighted by atomic mass is 15.2. The van der Waals surface area contributed by atoms with E-state index in [9.17, 15) is 0 Å². The maximum absolute atomic E-state index is 3.54. The zero-order valence-electron chi connectivity index (χ0n) is 12.2. The molecule has 0 bridgehead atoms. The van der Waals surface area contributed by atoms with Crippen LogP contribution in [0.3, 0.4) is 0 Å². The Kier molecular flexibility index (Phi) is 7.87. The maximum atomic E-state index is 3.54. The van der Waals surface area contributed by atoms with Crippen LogP contribution in [0, 0.1) is 5.92 Å². The van der Waals surface area contributed by atoms with Crippen LogP contribution in [0.2, 0.25) is 0 Å². The first-order valence-electron chi connectivity index (χ1n) is 7.76. The lowest BCUT2D eigenvalue weighted by Crippen LogP contribution is -2.52. The Morgan fingerprint density at radius 2 is 2.06 bits per heavy atom. The monoisotopic (exact) mass is 240 g/mol. The van der Waals surface area contributed by atoms with Crippen LogP contribution in [0.5, 0.6) is 0 Å². The van der Waals surface area contributed by atoms with Crippen LogP contribution in [0.1, 0.15) is 59.3 Å². The van der Waals surface area contributed by atoms with E-state index < -0.39 is 0 Å². The Morgan fingerprint density at radius 1 is 1.24 bits per heavy atom. The molecule has 1 fully saturated rings. The van der Waals surface area contributed by atoms with E-state index in [-0.39, 0.29) is 0 Å². The predicted molar refractivity (Wildman–Crippen MR) is 76.4 cm³/mol. The third-order valence-electron chi connectivity index (χ3n) is 4.13. The molecule has 0 aromatic carbocycles. The molecule has 0 radical (unpaired) electrons. The Morgan fingerprint density at radius 3 is 2.71 bits per heavy atom. The fourth-order valence-corrected chi connectivity index (χ4v) is 2.91. The number of unbranched alkanes of at least 4 members (excludes halogenated alkanes) is 1. The van der Waals surface area contributed by atoms with Crippen molar-refractivity contribution in [2.75, 3.05) is 26.2 Å². The molecule has 0 saturated carbocycles. The van der Waals surface area contributed by atoms with Gasteiger partial charge in [-0.3, -0.25) is 4.90 Å². The summed E-state index contributed by atoms with van der Waals surface area (Å²) >= 11 is 0. The Bertz CT molecular complexity index is 180. The molecule has 2 unspecified atom stereocenters. The summed E-state index contributed by atoms with van der Waals surface area (Å²) in [4.78, 5) is 2.75. The molecule has 1 heterocycles. The molecule has 1 aliphatic rings. The largest absolute Gasteiger partial charge is 0.314 e. The van der Waals surface area contributed by atoms with Gasteiger partial charge in [0.05, 0.1) is 0 Å². The van der Waals surface area contributed by atoms with Gasteiger partial charge in [0, 0.05) is 32.2 Å². The normalized spacial score (nSPS) is 23.8.